The summed E-state index contributed by atoms with van der Waals surface area (Å²) in [5.74, 6) is 5.35. The Hall–Kier alpha value is -1.59. The van der Waals surface area contributed by atoms with Crippen molar-refractivity contribution in [2.24, 2.45) is 5.84 Å². The molecule has 1 fully saturated rings. The highest BCUT2D eigenvalue weighted by Gasteiger charge is 2.40. The van der Waals surface area contributed by atoms with Crippen molar-refractivity contribution in [2.75, 3.05) is 18.5 Å². The van der Waals surface area contributed by atoms with E-state index in [2.05, 4.69) is 5.43 Å². The first-order valence-electron chi connectivity index (χ1n) is 6.79. The third-order valence-electron chi connectivity index (χ3n) is 3.28. The van der Waals surface area contributed by atoms with Crippen LogP contribution >= 0.6 is 0 Å². The Kier molecular flexibility index (Phi) is 3.75. The van der Waals surface area contributed by atoms with Gasteiger partial charge in [0, 0.05) is 24.3 Å². The molecule has 1 saturated heterocycles. The summed E-state index contributed by atoms with van der Waals surface area (Å²) in [5.41, 5.74) is 3.33. The zero-order valence-corrected chi connectivity index (χ0v) is 12.6. The molecule has 2 rings (SSSR count). The van der Waals surface area contributed by atoms with Gasteiger partial charge < -0.3 is 15.1 Å². The van der Waals surface area contributed by atoms with E-state index in [1.54, 1.807) is 24.3 Å². The normalized spacial score (nSPS) is 20.6. The molecule has 1 heterocycles. The fraction of sp³-hybridized carbons (Fsp3) is 0.533. The fourth-order valence-corrected chi connectivity index (χ4v) is 2.82. The number of rotatable bonds is 2. The average molecular weight is 277 g/mol. The van der Waals surface area contributed by atoms with Crippen molar-refractivity contribution in [3.8, 4) is 0 Å². The van der Waals surface area contributed by atoms with E-state index in [0.717, 1.165) is 5.69 Å². The number of amides is 1. The van der Waals surface area contributed by atoms with Crippen LogP contribution in [-0.4, -0.2) is 35.1 Å². The van der Waals surface area contributed by atoms with E-state index < -0.39 is 0 Å². The molecule has 0 saturated carbocycles. The van der Waals surface area contributed by atoms with Crippen LogP contribution in [0.5, 0.6) is 0 Å². The van der Waals surface area contributed by atoms with Crippen molar-refractivity contribution >= 4 is 11.6 Å². The van der Waals surface area contributed by atoms with Crippen LogP contribution in [0.25, 0.3) is 0 Å². The summed E-state index contributed by atoms with van der Waals surface area (Å²) in [6, 6.07) is 7.16. The number of nitrogens with one attached hydrogen (secondary N) is 1. The van der Waals surface area contributed by atoms with Gasteiger partial charge in [-0.05, 0) is 52.0 Å². The van der Waals surface area contributed by atoms with Gasteiger partial charge in [0.2, 0.25) is 0 Å². The van der Waals surface area contributed by atoms with E-state index in [4.69, 9.17) is 10.6 Å². The lowest BCUT2D eigenvalue weighted by molar-refractivity contribution is -0.171. The Morgan fingerprint density at radius 2 is 1.65 bits per heavy atom. The standard InChI is InChI=1S/C15H23N3O2/c1-14(2)9-18(10-15(3,4)20-14)13(19)11-5-7-12(17-16)8-6-11/h5-8,17H,9-10,16H2,1-4H3. The number of nitrogens with two attached hydrogens (primary N) is 1. The number of carbonyl (C=O) groups excluding carboxylic acids is 1. The Morgan fingerprint density at radius 1 is 1.15 bits per heavy atom. The number of ether oxygens (including phenoxy) is 1. The SMILES string of the molecule is CC1(C)CN(C(=O)c2ccc(NN)cc2)CC(C)(C)O1. The van der Waals surface area contributed by atoms with Gasteiger partial charge in [-0.2, -0.15) is 0 Å². The summed E-state index contributed by atoms with van der Waals surface area (Å²) < 4.78 is 5.99. The first-order valence-corrected chi connectivity index (χ1v) is 6.79. The molecule has 0 unspecified atom stereocenters. The highest BCUT2D eigenvalue weighted by atomic mass is 16.5. The molecule has 5 heteroatoms. The van der Waals surface area contributed by atoms with E-state index in [1.807, 2.05) is 32.6 Å². The van der Waals surface area contributed by atoms with Crippen LogP contribution in [0.1, 0.15) is 38.1 Å². The number of morpholine rings is 1. The molecule has 1 amide bonds. The van der Waals surface area contributed by atoms with E-state index in [1.165, 1.54) is 0 Å². The minimum absolute atomic E-state index is 0.0259. The highest BCUT2D eigenvalue weighted by molar-refractivity contribution is 5.94. The quantitative estimate of drug-likeness (QED) is 0.641. The van der Waals surface area contributed by atoms with Gasteiger partial charge in [0.25, 0.3) is 5.91 Å². The maximum absolute atomic E-state index is 12.6. The van der Waals surface area contributed by atoms with Crippen molar-refractivity contribution in [3.05, 3.63) is 29.8 Å². The second-order valence-corrected chi connectivity index (χ2v) is 6.50. The van der Waals surface area contributed by atoms with Gasteiger partial charge in [-0.25, -0.2) is 0 Å². The molecule has 0 bridgehead atoms. The fourth-order valence-electron chi connectivity index (χ4n) is 2.82. The van der Waals surface area contributed by atoms with Gasteiger partial charge in [0.05, 0.1) is 11.2 Å². The minimum Gasteiger partial charge on any atom is -0.366 e. The minimum atomic E-state index is -0.337. The Bertz CT molecular complexity index is 478. The van der Waals surface area contributed by atoms with E-state index in [0.29, 0.717) is 18.7 Å². The molecule has 1 aromatic rings. The lowest BCUT2D eigenvalue weighted by Crippen LogP contribution is -2.58. The van der Waals surface area contributed by atoms with Crippen LogP contribution in [0.4, 0.5) is 5.69 Å². The molecule has 1 aliphatic heterocycles. The Morgan fingerprint density at radius 3 is 2.10 bits per heavy atom. The van der Waals surface area contributed by atoms with Crippen molar-refractivity contribution in [2.45, 2.75) is 38.9 Å². The van der Waals surface area contributed by atoms with Crippen LogP contribution in [0.2, 0.25) is 0 Å². The third-order valence-corrected chi connectivity index (χ3v) is 3.28. The van der Waals surface area contributed by atoms with Crippen LogP contribution in [0.3, 0.4) is 0 Å². The van der Waals surface area contributed by atoms with Crippen LogP contribution in [-0.2, 0) is 4.74 Å². The molecule has 20 heavy (non-hydrogen) atoms. The zero-order chi connectivity index (χ0) is 15.0. The molecule has 3 N–H and O–H groups in total. The summed E-state index contributed by atoms with van der Waals surface area (Å²) in [6.07, 6.45) is 0. The van der Waals surface area contributed by atoms with Crippen molar-refractivity contribution in [1.82, 2.24) is 4.90 Å². The van der Waals surface area contributed by atoms with Gasteiger partial charge in [-0.1, -0.05) is 0 Å². The summed E-state index contributed by atoms with van der Waals surface area (Å²) >= 11 is 0. The molecule has 1 aromatic carbocycles. The second-order valence-electron chi connectivity index (χ2n) is 6.50. The summed E-state index contributed by atoms with van der Waals surface area (Å²) in [7, 11) is 0. The summed E-state index contributed by atoms with van der Waals surface area (Å²) in [5, 5.41) is 0. The van der Waals surface area contributed by atoms with Gasteiger partial charge >= 0.3 is 0 Å². The third kappa shape index (κ3) is 3.29. The van der Waals surface area contributed by atoms with Crippen molar-refractivity contribution < 1.29 is 9.53 Å². The lowest BCUT2D eigenvalue weighted by Gasteiger charge is -2.47. The number of benzene rings is 1. The molecular weight excluding hydrogens is 254 g/mol. The topological polar surface area (TPSA) is 67.6 Å². The van der Waals surface area contributed by atoms with E-state index in [9.17, 15) is 4.79 Å². The average Bonchev–Trinajstić information content (AvgIpc) is 2.34. The van der Waals surface area contributed by atoms with Gasteiger partial charge in [0.1, 0.15) is 0 Å². The van der Waals surface area contributed by atoms with Crippen LogP contribution < -0.4 is 11.3 Å². The maximum atomic E-state index is 12.6. The Labute approximate surface area is 120 Å². The molecule has 110 valence electrons. The predicted molar refractivity (Wildman–Crippen MR) is 79.4 cm³/mol. The van der Waals surface area contributed by atoms with E-state index >= 15 is 0 Å². The van der Waals surface area contributed by atoms with Gasteiger partial charge in [0.15, 0.2) is 0 Å². The largest absolute Gasteiger partial charge is 0.366 e. The monoisotopic (exact) mass is 277 g/mol. The molecule has 1 aliphatic rings. The summed E-state index contributed by atoms with van der Waals surface area (Å²) in [6.45, 7) is 9.22. The van der Waals surface area contributed by atoms with Crippen molar-refractivity contribution in [3.63, 3.8) is 0 Å². The molecule has 0 spiro atoms. The molecular formula is C15H23N3O2. The second kappa shape index (κ2) is 5.07. The Balaban J connectivity index is 2.19. The van der Waals surface area contributed by atoms with Crippen molar-refractivity contribution in [1.29, 1.82) is 0 Å². The summed E-state index contributed by atoms with van der Waals surface area (Å²) in [4.78, 5) is 14.4. The predicted octanol–water partition coefficient (Wildman–Crippen LogP) is 2.00. The molecule has 0 aromatic heterocycles. The van der Waals surface area contributed by atoms with Gasteiger partial charge in [-0.15, -0.1) is 0 Å². The molecule has 0 atom stereocenters. The first-order chi connectivity index (χ1) is 9.22. The number of anilines is 1. The zero-order valence-electron chi connectivity index (χ0n) is 12.6. The molecule has 5 nitrogen and oxygen atoms in total. The van der Waals surface area contributed by atoms with Gasteiger partial charge in [-0.3, -0.25) is 10.6 Å². The lowest BCUT2D eigenvalue weighted by atomic mass is 9.98. The number of nitrogens with zero attached hydrogens (tertiary/aromatic N) is 1. The maximum Gasteiger partial charge on any atom is 0.254 e. The number of hydrogen-bond donors (Lipinski definition) is 2. The van der Waals surface area contributed by atoms with E-state index in [-0.39, 0.29) is 17.1 Å². The molecule has 0 radical (unpaired) electrons. The molecule has 0 aliphatic carbocycles. The first kappa shape index (κ1) is 14.8. The number of nitrogen functional groups attached to an aromatic ring is 1. The number of hydrogen-bond acceptors (Lipinski definition) is 4. The number of hydrazine groups is 1. The number of carbonyl (C=O) groups is 1. The smallest absolute Gasteiger partial charge is 0.254 e. The highest BCUT2D eigenvalue weighted by Crippen LogP contribution is 2.29. The van der Waals surface area contributed by atoms with Crippen LogP contribution in [0.15, 0.2) is 24.3 Å². The van der Waals surface area contributed by atoms with Crippen LogP contribution in [0, 0.1) is 0 Å².